The minimum atomic E-state index is -0.891. The van der Waals surface area contributed by atoms with Gasteiger partial charge in [0.2, 0.25) is 11.8 Å². The van der Waals surface area contributed by atoms with Gasteiger partial charge in [0.05, 0.1) is 17.0 Å². The van der Waals surface area contributed by atoms with Crippen LogP contribution in [0.3, 0.4) is 0 Å². The van der Waals surface area contributed by atoms with E-state index in [2.05, 4.69) is 5.32 Å². The van der Waals surface area contributed by atoms with Crippen molar-refractivity contribution in [2.24, 2.45) is 7.05 Å². The van der Waals surface area contributed by atoms with E-state index >= 15 is 0 Å². The largest absolute Gasteiger partial charge is 0.481 e. The summed E-state index contributed by atoms with van der Waals surface area (Å²) >= 11 is 0. The summed E-state index contributed by atoms with van der Waals surface area (Å²) in [4.78, 5) is 48.0. The molecule has 8 heteroatoms. The van der Waals surface area contributed by atoms with E-state index < -0.39 is 23.8 Å². The Morgan fingerprint density at radius 1 is 1.30 bits per heavy atom. The minimum absolute atomic E-state index is 0.176. The SMILES string of the molecule is CCCCC(C(=O)O)c1ccc2c(c1)n(C)c(=O)n2C1CCC(=O)NC1=O. The highest BCUT2D eigenvalue weighted by Gasteiger charge is 2.31. The van der Waals surface area contributed by atoms with Crippen LogP contribution >= 0.6 is 0 Å². The second-order valence-electron chi connectivity index (χ2n) is 6.96. The molecule has 27 heavy (non-hydrogen) atoms. The molecule has 1 aromatic heterocycles. The van der Waals surface area contributed by atoms with Gasteiger partial charge in [-0.15, -0.1) is 0 Å². The summed E-state index contributed by atoms with van der Waals surface area (Å²) in [5.41, 5.74) is 1.40. The van der Waals surface area contributed by atoms with E-state index in [9.17, 15) is 24.3 Å². The van der Waals surface area contributed by atoms with Gasteiger partial charge in [-0.1, -0.05) is 25.8 Å². The van der Waals surface area contributed by atoms with Crippen LogP contribution in [0, 0.1) is 0 Å². The smallest absolute Gasteiger partial charge is 0.329 e. The summed E-state index contributed by atoms with van der Waals surface area (Å²) in [6, 6.07) is 4.37. The number of piperidine rings is 1. The first-order valence-corrected chi connectivity index (χ1v) is 9.12. The van der Waals surface area contributed by atoms with Crippen molar-refractivity contribution in [3.05, 3.63) is 34.2 Å². The van der Waals surface area contributed by atoms with Crippen LogP contribution in [0.25, 0.3) is 11.0 Å². The molecule has 0 saturated carbocycles. The number of aromatic nitrogens is 2. The Hall–Kier alpha value is -2.90. The molecule has 2 aromatic rings. The number of rotatable bonds is 6. The number of carboxylic acid groups (broad SMARTS) is 1. The zero-order valence-electron chi connectivity index (χ0n) is 15.4. The number of aliphatic carboxylic acids is 1. The number of aryl methyl sites for hydroxylation is 1. The van der Waals surface area contributed by atoms with Crippen molar-refractivity contribution in [1.29, 1.82) is 0 Å². The molecule has 1 aliphatic rings. The lowest BCUT2D eigenvalue weighted by atomic mass is 9.93. The van der Waals surface area contributed by atoms with Gasteiger partial charge in [0, 0.05) is 13.5 Å². The fourth-order valence-electron chi connectivity index (χ4n) is 3.67. The maximum atomic E-state index is 12.7. The molecular formula is C19H23N3O5. The van der Waals surface area contributed by atoms with E-state index in [0.29, 0.717) is 23.0 Å². The Kier molecular flexibility index (Phi) is 5.16. The number of hydrogen-bond acceptors (Lipinski definition) is 4. The topological polar surface area (TPSA) is 110 Å². The lowest BCUT2D eigenvalue weighted by molar-refractivity contribution is -0.139. The van der Waals surface area contributed by atoms with Crippen LogP contribution < -0.4 is 11.0 Å². The zero-order valence-corrected chi connectivity index (χ0v) is 15.4. The van der Waals surface area contributed by atoms with Crippen molar-refractivity contribution >= 4 is 28.8 Å². The first-order valence-electron chi connectivity index (χ1n) is 9.12. The summed E-state index contributed by atoms with van der Waals surface area (Å²) in [7, 11) is 1.60. The Balaban J connectivity index is 2.08. The number of imidazole rings is 1. The third kappa shape index (κ3) is 3.39. The van der Waals surface area contributed by atoms with Crippen LogP contribution in [-0.2, 0) is 21.4 Å². The van der Waals surface area contributed by atoms with E-state index in [1.54, 1.807) is 25.2 Å². The Morgan fingerprint density at radius 3 is 2.67 bits per heavy atom. The van der Waals surface area contributed by atoms with E-state index in [1.165, 1.54) is 9.13 Å². The highest BCUT2D eigenvalue weighted by atomic mass is 16.4. The lowest BCUT2D eigenvalue weighted by Gasteiger charge is -2.22. The monoisotopic (exact) mass is 373 g/mol. The molecule has 2 amide bonds. The highest BCUT2D eigenvalue weighted by molar-refractivity contribution is 6.00. The molecule has 2 unspecified atom stereocenters. The average Bonchev–Trinajstić information content (AvgIpc) is 2.86. The van der Waals surface area contributed by atoms with Crippen molar-refractivity contribution in [2.45, 2.75) is 51.0 Å². The molecule has 2 N–H and O–H groups in total. The van der Waals surface area contributed by atoms with Gasteiger partial charge >= 0.3 is 11.7 Å². The molecule has 8 nitrogen and oxygen atoms in total. The van der Waals surface area contributed by atoms with Gasteiger partial charge in [0.15, 0.2) is 0 Å². The second kappa shape index (κ2) is 7.38. The van der Waals surface area contributed by atoms with Crippen molar-refractivity contribution in [3.63, 3.8) is 0 Å². The first-order chi connectivity index (χ1) is 12.8. The summed E-state index contributed by atoms with van der Waals surface area (Å²) < 4.78 is 2.81. The molecule has 1 saturated heterocycles. The van der Waals surface area contributed by atoms with Gasteiger partial charge in [-0.05, 0) is 30.5 Å². The number of carbonyl (C=O) groups excluding carboxylic acids is 2. The quantitative estimate of drug-likeness (QED) is 0.749. The van der Waals surface area contributed by atoms with Gasteiger partial charge in [-0.3, -0.25) is 28.8 Å². The second-order valence-corrected chi connectivity index (χ2v) is 6.96. The maximum Gasteiger partial charge on any atom is 0.329 e. The molecule has 0 spiro atoms. The molecule has 2 atom stereocenters. The minimum Gasteiger partial charge on any atom is -0.481 e. The average molecular weight is 373 g/mol. The van der Waals surface area contributed by atoms with Crippen LogP contribution in [-0.4, -0.2) is 32.0 Å². The number of unbranched alkanes of at least 4 members (excludes halogenated alkanes) is 1. The molecule has 0 aliphatic carbocycles. The predicted molar refractivity (Wildman–Crippen MR) is 98.5 cm³/mol. The number of imide groups is 1. The fourth-order valence-corrected chi connectivity index (χ4v) is 3.67. The Labute approximate surface area is 155 Å². The predicted octanol–water partition coefficient (Wildman–Crippen LogP) is 1.68. The molecule has 0 radical (unpaired) electrons. The molecular weight excluding hydrogens is 350 g/mol. The number of amides is 2. The molecule has 2 heterocycles. The Morgan fingerprint density at radius 2 is 2.04 bits per heavy atom. The number of fused-ring (bicyclic) bond motifs is 1. The van der Waals surface area contributed by atoms with Crippen molar-refractivity contribution < 1.29 is 19.5 Å². The molecule has 0 bridgehead atoms. The zero-order chi connectivity index (χ0) is 19.7. The van der Waals surface area contributed by atoms with Gasteiger partial charge < -0.3 is 5.11 Å². The number of carbonyl (C=O) groups is 3. The van der Waals surface area contributed by atoms with Crippen molar-refractivity contribution in [3.8, 4) is 0 Å². The number of benzene rings is 1. The lowest BCUT2D eigenvalue weighted by Crippen LogP contribution is -2.44. The first kappa shape index (κ1) is 18.9. The van der Waals surface area contributed by atoms with E-state index in [1.807, 2.05) is 6.92 Å². The Bertz CT molecular complexity index is 972. The molecule has 1 aromatic carbocycles. The van der Waals surface area contributed by atoms with Crippen LogP contribution in [0.4, 0.5) is 0 Å². The number of carboxylic acids is 1. The normalized spacial score (nSPS) is 18.5. The summed E-state index contributed by atoms with van der Waals surface area (Å²) in [5.74, 6) is -2.36. The van der Waals surface area contributed by atoms with Gasteiger partial charge in [0.1, 0.15) is 6.04 Å². The van der Waals surface area contributed by atoms with Gasteiger partial charge in [-0.2, -0.15) is 0 Å². The maximum absolute atomic E-state index is 12.7. The molecule has 1 fully saturated rings. The summed E-state index contributed by atoms with van der Waals surface area (Å²) in [5, 5.41) is 11.8. The summed E-state index contributed by atoms with van der Waals surface area (Å²) in [6.45, 7) is 2.01. The van der Waals surface area contributed by atoms with Gasteiger partial charge in [-0.25, -0.2) is 4.79 Å². The molecule has 3 rings (SSSR count). The number of nitrogens with one attached hydrogen (secondary N) is 1. The van der Waals surface area contributed by atoms with Crippen LogP contribution in [0.1, 0.15) is 56.6 Å². The van der Waals surface area contributed by atoms with E-state index in [-0.39, 0.29) is 24.4 Å². The third-order valence-corrected chi connectivity index (χ3v) is 5.18. The van der Waals surface area contributed by atoms with Gasteiger partial charge in [0.25, 0.3) is 0 Å². The van der Waals surface area contributed by atoms with Crippen molar-refractivity contribution in [1.82, 2.24) is 14.5 Å². The fraction of sp³-hybridized carbons (Fsp3) is 0.474. The van der Waals surface area contributed by atoms with E-state index in [0.717, 1.165) is 12.8 Å². The third-order valence-electron chi connectivity index (χ3n) is 5.18. The summed E-state index contributed by atoms with van der Waals surface area (Å²) in [6.07, 6.45) is 2.66. The van der Waals surface area contributed by atoms with E-state index in [4.69, 9.17) is 0 Å². The number of hydrogen-bond donors (Lipinski definition) is 2. The van der Waals surface area contributed by atoms with Crippen molar-refractivity contribution in [2.75, 3.05) is 0 Å². The molecule has 1 aliphatic heterocycles. The van der Waals surface area contributed by atoms with Crippen LogP contribution in [0.5, 0.6) is 0 Å². The molecule has 144 valence electrons. The van der Waals surface area contributed by atoms with Crippen LogP contribution in [0.15, 0.2) is 23.0 Å². The standard InChI is InChI=1S/C19H23N3O5/c1-3-4-5-12(18(25)26)11-6-7-13-15(10-11)21(2)19(27)22(13)14-8-9-16(23)20-17(14)24/h6-7,10,12,14H,3-5,8-9H2,1-2H3,(H,25,26)(H,20,23,24). The van der Waals surface area contributed by atoms with Crippen LogP contribution in [0.2, 0.25) is 0 Å². The highest BCUT2D eigenvalue weighted by Crippen LogP contribution is 2.28. The number of nitrogens with zero attached hydrogens (tertiary/aromatic N) is 2.